The van der Waals surface area contributed by atoms with E-state index in [0.29, 0.717) is 36.2 Å². The average molecular weight is 494 g/mol. The molecule has 2 aromatic heterocycles. The first-order chi connectivity index (χ1) is 16.0. The monoisotopic (exact) mass is 493 g/mol. The third-order valence-corrected chi connectivity index (χ3v) is 5.39. The van der Waals surface area contributed by atoms with Crippen molar-refractivity contribution in [3.63, 3.8) is 0 Å². The van der Waals surface area contributed by atoms with Crippen LogP contribution in [0.25, 0.3) is 0 Å². The van der Waals surface area contributed by atoms with Gasteiger partial charge in [0.1, 0.15) is 5.75 Å². The van der Waals surface area contributed by atoms with Gasteiger partial charge in [-0.05, 0) is 23.8 Å². The van der Waals surface area contributed by atoms with E-state index in [0.717, 1.165) is 17.8 Å². The van der Waals surface area contributed by atoms with Crippen LogP contribution >= 0.6 is 11.6 Å². The van der Waals surface area contributed by atoms with Gasteiger partial charge in [0.25, 0.3) is 0 Å². The Labute approximate surface area is 200 Å². The second kappa shape index (κ2) is 10.7. The molecule has 2 heterocycles. The van der Waals surface area contributed by atoms with Crippen molar-refractivity contribution in [2.75, 3.05) is 32.1 Å². The predicted octanol–water partition coefficient (Wildman–Crippen LogP) is 4.84. The van der Waals surface area contributed by atoms with Crippen molar-refractivity contribution in [2.45, 2.75) is 19.5 Å². The highest BCUT2D eigenvalue weighted by Gasteiger charge is 2.31. The molecular weight excluding hydrogens is 471 g/mol. The number of halogens is 4. The van der Waals surface area contributed by atoms with Gasteiger partial charge in [-0.1, -0.05) is 23.7 Å². The number of aromatic nitrogens is 3. The first-order valence-electron chi connectivity index (χ1n) is 10.3. The molecule has 34 heavy (non-hydrogen) atoms. The van der Waals surface area contributed by atoms with Crippen LogP contribution in [0.1, 0.15) is 23.7 Å². The molecule has 1 aromatic carbocycles. The molecule has 0 aliphatic rings. The van der Waals surface area contributed by atoms with Crippen LogP contribution in [0.3, 0.4) is 0 Å². The van der Waals surface area contributed by atoms with Crippen LogP contribution in [0.5, 0.6) is 11.6 Å². The zero-order chi connectivity index (χ0) is 24.9. The Kier molecular flexibility index (Phi) is 7.93. The van der Waals surface area contributed by atoms with Gasteiger partial charge in [-0.15, -0.1) is 0 Å². The largest absolute Gasteiger partial charge is 0.437 e. The molecule has 3 rings (SSSR count). The van der Waals surface area contributed by atoms with E-state index in [9.17, 15) is 18.0 Å². The number of nitrogens with zero attached hydrogens (tertiary/aromatic N) is 5. The third-order valence-electron chi connectivity index (χ3n) is 5.06. The maximum Gasteiger partial charge on any atom is 0.417 e. The number of carbonyl (C=O) groups excluding carboxylic acids is 1. The Morgan fingerprint density at radius 2 is 1.79 bits per heavy atom. The number of amides is 1. The van der Waals surface area contributed by atoms with E-state index in [1.165, 1.54) is 13.1 Å². The van der Waals surface area contributed by atoms with Crippen molar-refractivity contribution in [3.8, 4) is 11.6 Å². The number of carbonyl (C=O) groups is 1. The Hall–Kier alpha value is -3.40. The average Bonchev–Trinajstić information content (AvgIpc) is 2.79. The van der Waals surface area contributed by atoms with Gasteiger partial charge in [-0.25, -0.2) is 0 Å². The number of anilines is 1. The summed E-state index contributed by atoms with van der Waals surface area (Å²) in [4.78, 5) is 27.3. The highest BCUT2D eigenvalue weighted by Crippen LogP contribution is 2.31. The van der Waals surface area contributed by atoms with Crippen molar-refractivity contribution in [1.82, 2.24) is 19.9 Å². The minimum atomic E-state index is -4.49. The van der Waals surface area contributed by atoms with Gasteiger partial charge < -0.3 is 14.5 Å². The number of ether oxygens (including phenoxy) is 1. The summed E-state index contributed by atoms with van der Waals surface area (Å²) in [5.41, 5.74) is 0.265. The normalized spacial score (nSPS) is 11.3. The molecule has 0 N–H and O–H groups in total. The molecule has 0 bridgehead atoms. The number of benzene rings is 1. The van der Waals surface area contributed by atoms with E-state index in [4.69, 9.17) is 16.3 Å². The Morgan fingerprint density at radius 1 is 1.09 bits per heavy atom. The SMILES string of the molecule is CC(=O)N(C)CCN(C)c1cncc(Oc2ccc(Cc3ncc(C(F)(F)F)cc3Cl)cc2)n1. The number of pyridine rings is 1. The number of likely N-dealkylation sites (N-methyl/N-ethyl adjacent to an activating group) is 2. The number of alkyl halides is 3. The third kappa shape index (κ3) is 6.80. The van der Waals surface area contributed by atoms with E-state index >= 15 is 0 Å². The molecule has 1 amide bonds. The fourth-order valence-corrected chi connectivity index (χ4v) is 3.12. The fourth-order valence-electron chi connectivity index (χ4n) is 2.88. The predicted molar refractivity (Wildman–Crippen MR) is 122 cm³/mol. The standard InChI is InChI=1S/C23H23ClF3N5O2/c1-15(33)31(2)8-9-32(3)21-13-28-14-22(30-21)34-18-6-4-16(5-7-18)10-20-19(24)11-17(12-29-20)23(25,26)27/h4-7,11-14H,8-10H2,1-3H3. The van der Waals surface area contributed by atoms with Gasteiger partial charge in [0, 0.05) is 46.7 Å². The van der Waals surface area contributed by atoms with Crippen LogP contribution in [0.4, 0.5) is 19.0 Å². The molecule has 0 atom stereocenters. The summed E-state index contributed by atoms with van der Waals surface area (Å²) in [6, 6.07) is 7.85. The minimum absolute atomic E-state index is 0.0172. The lowest BCUT2D eigenvalue weighted by Gasteiger charge is -2.22. The van der Waals surface area contributed by atoms with E-state index in [2.05, 4.69) is 15.0 Å². The smallest absolute Gasteiger partial charge is 0.417 e. The Balaban J connectivity index is 1.63. The van der Waals surface area contributed by atoms with Gasteiger partial charge in [-0.3, -0.25) is 14.8 Å². The van der Waals surface area contributed by atoms with Crippen molar-refractivity contribution < 1.29 is 22.7 Å². The quantitative estimate of drug-likeness (QED) is 0.447. The van der Waals surface area contributed by atoms with Crippen molar-refractivity contribution in [2.24, 2.45) is 0 Å². The van der Waals surface area contributed by atoms with Crippen LogP contribution < -0.4 is 9.64 Å². The van der Waals surface area contributed by atoms with Crippen LogP contribution in [0.15, 0.2) is 48.9 Å². The topological polar surface area (TPSA) is 71.5 Å². The first-order valence-corrected chi connectivity index (χ1v) is 10.6. The number of rotatable bonds is 8. The Morgan fingerprint density at radius 3 is 2.41 bits per heavy atom. The van der Waals surface area contributed by atoms with Gasteiger partial charge in [0.2, 0.25) is 11.8 Å². The molecule has 0 unspecified atom stereocenters. The number of hydrogen-bond donors (Lipinski definition) is 0. The van der Waals surface area contributed by atoms with Crippen LogP contribution in [0.2, 0.25) is 5.02 Å². The summed E-state index contributed by atoms with van der Waals surface area (Å²) in [6.45, 7) is 2.62. The van der Waals surface area contributed by atoms with Crippen LogP contribution in [-0.4, -0.2) is 52.9 Å². The van der Waals surface area contributed by atoms with E-state index in [1.807, 2.05) is 11.9 Å². The van der Waals surface area contributed by atoms with Crippen molar-refractivity contribution >= 4 is 23.3 Å². The lowest BCUT2D eigenvalue weighted by atomic mass is 10.1. The summed E-state index contributed by atoms with van der Waals surface area (Å²) < 4.78 is 44.1. The van der Waals surface area contributed by atoms with Gasteiger partial charge in [0.15, 0.2) is 5.82 Å². The number of hydrogen-bond acceptors (Lipinski definition) is 6. The zero-order valence-corrected chi connectivity index (χ0v) is 19.6. The van der Waals surface area contributed by atoms with E-state index in [-0.39, 0.29) is 17.4 Å². The molecule has 0 aliphatic heterocycles. The summed E-state index contributed by atoms with van der Waals surface area (Å²) in [6.07, 6.45) is -0.358. The molecule has 0 aliphatic carbocycles. The first kappa shape index (κ1) is 25.2. The highest BCUT2D eigenvalue weighted by atomic mass is 35.5. The molecule has 0 saturated heterocycles. The van der Waals surface area contributed by atoms with Crippen molar-refractivity contribution in [1.29, 1.82) is 0 Å². The molecule has 180 valence electrons. The maximum atomic E-state index is 12.8. The van der Waals surface area contributed by atoms with Crippen molar-refractivity contribution in [3.05, 3.63) is 70.8 Å². The molecule has 7 nitrogen and oxygen atoms in total. The van der Waals surface area contributed by atoms with Gasteiger partial charge in [-0.2, -0.15) is 18.2 Å². The second-order valence-electron chi connectivity index (χ2n) is 7.65. The lowest BCUT2D eigenvalue weighted by Crippen LogP contribution is -2.33. The van der Waals surface area contributed by atoms with E-state index in [1.54, 1.807) is 42.4 Å². The molecule has 0 fully saturated rings. The summed E-state index contributed by atoms with van der Waals surface area (Å²) in [7, 11) is 3.57. The molecule has 0 spiro atoms. The molecule has 0 saturated carbocycles. The maximum absolute atomic E-state index is 12.8. The summed E-state index contributed by atoms with van der Waals surface area (Å²) in [5.74, 6) is 1.38. The fraction of sp³-hybridized carbons (Fsp3) is 0.304. The van der Waals surface area contributed by atoms with Gasteiger partial charge >= 0.3 is 6.18 Å². The van der Waals surface area contributed by atoms with Gasteiger partial charge in [0.05, 0.1) is 28.7 Å². The summed E-state index contributed by atoms with van der Waals surface area (Å²) in [5, 5.41) is -0.0409. The van der Waals surface area contributed by atoms with Crippen LogP contribution in [-0.2, 0) is 17.4 Å². The second-order valence-corrected chi connectivity index (χ2v) is 8.06. The van der Waals surface area contributed by atoms with E-state index < -0.39 is 11.7 Å². The molecule has 0 radical (unpaired) electrons. The highest BCUT2D eigenvalue weighted by molar-refractivity contribution is 6.31. The minimum Gasteiger partial charge on any atom is -0.437 e. The summed E-state index contributed by atoms with van der Waals surface area (Å²) >= 11 is 5.99. The molecular formula is C23H23ClF3N5O2. The molecule has 3 aromatic rings. The zero-order valence-electron chi connectivity index (χ0n) is 18.8. The molecule has 11 heteroatoms. The van der Waals surface area contributed by atoms with Crippen LogP contribution in [0, 0.1) is 0 Å². The lowest BCUT2D eigenvalue weighted by molar-refractivity contribution is -0.137. The Bertz CT molecular complexity index is 1140.